The predicted molar refractivity (Wildman–Crippen MR) is 116 cm³/mol. The van der Waals surface area contributed by atoms with E-state index in [1.807, 2.05) is 0 Å². The van der Waals surface area contributed by atoms with Gasteiger partial charge in [0.2, 0.25) is 0 Å². The number of esters is 1. The topological polar surface area (TPSA) is 97.9 Å². The highest BCUT2D eigenvalue weighted by Crippen LogP contribution is 2.23. The summed E-state index contributed by atoms with van der Waals surface area (Å²) in [6.07, 6.45) is 0.578. The number of aryl methyl sites for hydroxylation is 1. The summed E-state index contributed by atoms with van der Waals surface area (Å²) in [6.45, 7) is 5.91. The Kier molecular flexibility index (Phi) is 8.38. The van der Waals surface area contributed by atoms with Gasteiger partial charge in [-0.1, -0.05) is 0 Å². The molecule has 0 spiro atoms. The first-order valence-electron chi connectivity index (χ1n) is 10.0. The van der Waals surface area contributed by atoms with Gasteiger partial charge in [-0.3, -0.25) is 9.59 Å². The van der Waals surface area contributed by atoms with Gasteiger partial charge in [-0.2, -0.15) is 0 Å². The van der Waals surface area contributed by atoms with Gasteiger partial charge < -0.3 is 24.1 Å². The molecule has 168 valence electrons. The Balaban J connectivity index is 2.37. The number of carbonyl (C=O) groups is 3. The number of amides is 1. The highest BCUT2D eigenvalue weighted by atomic mass is 16.5. The number of hydrogen-bond acceptors (Lipinski definition) is 6. The van der Waals surface area contributed by atoms with Gasteiger partial charge in [0, 0.05) is 37.1 Å². The van der Waals surface area contributed by atoms with Crippen molar-refractivity contribution in [2.24, 2.45) is 0 Å². The highest BCUT2D eigenvalue weighted by Gasteiger charge is 2.31. The van der Waals surface area contributed by atoms with Gasteiger partial charge in [0.1, 0.15) is 11.4 Å². The van der Waals surface area contributed by atoms with Crippen LogP contribution in [0.2, 0.25) is 0 Å². The molecule has 1 aromatic carbocycles. The normalized spacial score (nSPS) is 11.7. The third-order valence-corrected chi connectivity index (χ3v) is 5.27. The zero-order chi connectivity index (χ0) is 23.1. The summed E-state index contributed by atoms with van der Waals surface area (Å²) in [5.74, 6) is -0.418. The van der Waals surface area contributed by atoms with E-state index >= 15 is 0 Å². The fourth-order valence-corrected chi connectivity index (χ4v) is 3.53. The van der Waals surface area contributed by atoms with Crippen LogP contribution in [0.3, 0.4) is 0 Å². The molecule has 0 bridgehead atoms. The lowest BCUT2D eigenvalue weighted by atomic mass is 9.99. The molecular formula is C23H30N2O6. The molecule has 0 saturated carbocycles. The fourth-order valence-electron chi connectivity index (χ4n) is 3.53. The van der Waals surface area contributed by atoms with Crippen molar-refractivity contribution < 1.29 is 28.6 Å². The Morgan fingerprint density at radius 2 is 1.71 bits per heavy atom. The second kappa shape index (κ2) is 10.8. The number of nitrogens with zero attached hydrogens (tertiary/aromatic N) is 1. The van der Waals surface area contributed by atoms with Crippen LogP contribution in [-0.4, -0.2) is 68.1 Å². The van der Waals surface area contributed by atoms with Crippen molar-refractivity contribution in [1.29, 1.82) is 0 Å². The van der Waals surface area contributed by atoms with Crippen LogP contribution in [0.1, 0.15) is 55.8 Å². The number of ketones is 1. The minimum absolute atomic E-state index is 0.239. The van der Waals surface area contributed by atoms with Gasteiger partial charge in [0.25, 0.3) is 5.91 Å². The number of hydrogen-bond donors (Lipinski definition) is 1. The van der Waals surface area contributed by atoms with Crippen LogP contribution in [0.4, 0.5) is 0 Å². The van der Waals surface area contributed by atoms with Gasteiger partial charge in [0.05, 0.1) is 20.3 Å². The molecule has 1 unspecified atom stereocenters. The SMILES string of the molecule is COCCCN(C(=O)c1ccc(OC)cc1)C(C)C(=O)c1c(C)[nH]c(C(=O)OC)c1C. The Bertz CT molecular complexity index is 932. The Morgan fingerprint density at radius 1 is 1.06 bits per heavy atom. The number of carbonyl (C=O) groups excluding carboxylic acids is 3. The Morgan fingerprint density at radius 3 is 2.26 bits per heavy atom. The van der Waals surface area contributed by atoms with E-state index in [0.29, 0.717) is 47.7 Å². The van der Waals surface area contributed by atoms with E-state index in [9.17, 15) is 14.4 Å². The summed E-state index contributed by atoms with van der Waals surface area (Å²) in [5, 5.41) is 0. The van der Waals surface area contributed by atoms with Crippen LogP contribution in [0.25, 0.3) is 0 Å². The molecule has 31 heavy (non-hydrogen) atoms. The van der Waals surface area contributed by atoms with Crippen molar-refractivity contribution in [2.45, 2.75) is 33.2 Å². The maximum absolute atomic E-state index is 13.4. The number of methoxy groups -OCH3 is 3. The number of Topliss-reactive ketones (excluding diaryl/α,β-unsaturated/α-hetero) is 1. The molecule has 1 aromatic heterocycles. The zero-order valence-corrected chi connectivity index (χ0v) is 18.9. The van der Waals surface area contributed by atoms with Crippen molar-refractivity contribution in [3.05, 3.63) is 52.3 Å². The predicted octanol–water partition coefficient (Wildman–Crippen LogP) is 3.18. The molecule has 1 N–H and O–H groups in total. The van der Waals surface area contributed by atoms with E-state index < -0.39 is 12.0 Å². The van der Waals surface area contributed by atoms with Crippen LogP contribution in [-0.2, 0) is 9.47 Å². The second-order valence-corrected chi connectivity index (χ2v) is 7.23. The number of aromatic amines is 1. The van der Waals surface area contributed by atoms with E-state index in [2.05, 4.69) is 4.98 Å². The van der Waals surface area contributed by atoms with Crippen LogP contribution in [0.5, 0.6) is 5.75 Å². The lowest BCUT2D eigenvalue weighted by Crippen LogP contribution is -2.44. The minimum atomic E-state index is -0.745. The number of benzene rings is 1. The van der Waals surface area contributed by atoms with Crippen molar-refractivity contribution in [3.63, 3.8) is 0 Å². The molecule has 0 fully saturated rings. The van der Waals surface area contributed by atoms with Gasteiger partial charge in [-0.05, 0) is 57.0 Å². The summed E-state index contributed by atoms with van der Waals surface area (Å²) >= 11 is 0. The quantitative estimate of drug-likeness (QED) is 0.353. The molecular weight excluding hydrogens is 400 g/mol. The zero-order valence-electron chi connectivity index (χ0n) is 18.9. The van der Waals surface area contributed by atoms with Crippen LogP contribution in [0, 0.1) is 13.8 Å². The highest BCUT2D eigenvalue weighted by molar-refractivity contribution is 6.07. The van der Waals surface area contributed by atoms with Crippen molar-refractivity contribution in [3.8, 4) is 5.75 Å². The van der Waals surface area contributed by atoms with Crippen LogP contribution in [0.15, 0.2) is 24.3 Å². The molecule has 0 saturated heterocycles. The molecule has 1 atom stereocenters. The smallest absolute Gasteiger partial charge is 0.354 e. The van der Waals surface area contributed by atoms with Crippen molar-refractivity contribution in [2.75, 3.05) is 34.5 Å². The average Bonchev–Trinajstić information content (AvgIpc) is 3.08. The molecule has 0 aliphatic rings. The third-order valence-electron chi connectivity index (χ3n) is 5.27. The average molecular weight is 431 g/mol. The molecule has 2 rings (SSSR count). The number of rotatable bonds is 10. The standard InChI is InChI=1S/C23H30N2O6/c1-14-19(15(2)24-20(14)23(28)31-6)21(26)16(3)25(12-7-13-29-4)22(27)17-8-10-18(30-5)11-9-17/h8-11,16,24H,7,12-13H2,1-6H3. The summed E-state index contributed by atoms with van der Waals surface area (Å²) in [6, 6.07) is 6.00. The van der Waals surface area contributed by atoms with Gasteiger partial charge in [-0.25, -0.2) is 4.79 Å². The van der Waals surface area contributed by atoms with Crippen molar-refractivity contribution >= 4 is 17.7 Å². The van der Waals surface area contributed by atoms with E-state index in [0.717, 1.165) is 0 Å². The van der Waals surface area contributed by atoms with Gasteiger partial charge in [-0.15, -0.1) is 0 Å². The minimum Gasteiger partial charge on any atom is -0.497 e. The molecule has 8 nitrogen and oxygen atoms in total. The molecule has 2 aromatic rings. The first-order chi connectivity index (χ1) is 14.8. The maximum atomic E-state index is 13.4. The maximum Gasteiger partial charge on any atom is 0.354 e. The second-order valence-electron chi connectivity index (χ2n) is 7.23. The molecule has 1 heterocycles. The Labute approximate surface area is 182 Å². The lowest BCUT2D eigenvalue weighted by molar-refractivity contribution is 0.0591. The monoisotopic (exact) mass is 430 g/mol. The van der Waals surface area contributed by atoms with Gasteiger partial charge in [0.15, 0.2) is 5.78 Å². The molecule has 0 aliphatic heterocycles. The number of H-pyrrole nitrogens is 1. The first kappa shape index (κ1) is 24.1. The van der Waals surface area contributed by atoms with Crippen molar-refractivity contribution in [1.82, 2.24) is 9.88 Å². The molecule has 1 amide bonds. The largest absolute Gasteiger partial charge is 0.497 e. The molecule has 0 radical (unpaired) electrons. The summed E-state index contributed by atoms with van der Waals surface area (Å²) in [4.78, 5) is 43.1. The molecule has 8 heteroatoms. The summed E-state index contributed by atoms with van der Waals surface area (Å²) in [5.41, 5.74) is 2.16. The first-order valence-corrected chi connectivity index (χ1v) is 10.0. The lowest BCUT2D eigenvalue weighted by Gasteiger charge is -2.29. The third kappa shape index (κ3) is 5.32. The van der Waals surface area contributed by atoms with E-state index in [1.165, 1.54) is 12.0 Å². The fraction of sp³-hybridized carbons (Fsp3) is 0.435. The number of nitrogens with one attached hydrogen (secondary N) is 1. The molecule has 0 aliphatic carbocycles. The van der Waals surface area contributed by atoms with Gasteiger partial charge >= 0.3 is 5.97 Å². The summed E-state index contributed by atoms with van der Waals surface area (Å²) < 4.78 is 15.1. The number of ether oxygens (including phenoxy) is 3. The summed E-state index contributed by atoms with van der Waals surface area (Å²) in [7, 11) is 4.43. The Hall–Kier alpha value is -3.13. The van der Waals surface area contributed by atoms with E-state index in [-0.39, 0.29) is 17.4 Å². The van der Waals surface area contributed by atoms with Crippen LogP contribution >= 0.6 is 0 Å². The van der Waals surface area contributed by atoms with E-state index in [4.69, 9.17) is 14.2 Å². The van der Waals surface area contributed by atoms with E-state index in [1.54, 1.807) is 59.3 Å². The van der Waals surface area contributed by atoms with Crippen LogP contribution < -0.4 is 4.74 Å². The number of aromatic nitrogens is 1.